The van der Waals surface area contributed by atoms with Gasteiger partial charge in [-0.15, -0.1) is 0 Å². The van der Waals surface area contributed by atoms with Crippen LogP contribution in [0.2, 0.25) is 5.02 Å². The minimum atomic E-state index is -0.880. The van der Waals surface area contributed by atoms with Crippen LogP contribution in [0.5, 0.6) is 0 Å². The maximum Gasteiger partial charge on any atom is 0.304 e. The summed E-state index contributed by atoms with van der Waals surface area (Å²) in [6.45, 7) is 3.93. The highest BCUT2D eigenvalue weighted by molar-refractivity contribution is 6.31. The second kappa shape index (κ2) is 7.26. The number of carboxylic acids is 1. The van der Waals surface area contributed by atoms with Gasteiger partial charge in [-0.1, -0.05) is 17.7 Å². The summed E-state index contributed by atoms with van der Waals surface area (Å²) in [5.74, 6) is -1.08. The molecule has 1 unspecified atom stereocenters. The lowest BCUT2D eigenvalue weighted by Gasteiger charge is -2.23. The van der Waals surface area contributed by atoms with Gasteiger partial charge in [0.1, 0.15) is 0 Å². The van der Waals surface area contributed by atoms with E-state index >= 15 is 0 Å². The van der Waals surface area contributed by atoms with Crippen molar-refractivity contribution in [2.24, 2.45) is 0 Å². The number of nitrogens with one attached hydrogen (secondary N) is 1. The molecular formula is C14H19ClN2O3. The van der Waals surface area contributed by atoms with Gasteiger partial charge >= 0.3 is 5.97 Å². The first-order chi connectivity index (χ1) is 9.31. The van der Waals surface area contributed by atoms with Gasteiger partial charge in [0.15, 0.2) is 0 Å². The fraction of sp³-hybridized carbons (Fsp3) is 0.429. The zero-order valence-electron chi connectivity index (χ0n) is 11.8. The minimum Gasteiger partial charge on any atom is -0.481 e. The fourth-order valence-corrected chi connectivity index (χ4v) is 1.76. The van der Waals surface area contributed by atoms with Crippen molar-refractivity contribution < 1.29 is 14.7 Å². The number of amides is 1. The first-order valence-corrected chi connectivity index (χ1v) is 6.68. The van der Waals surface area contributed by atoms with E-state index in [0.29, 0.717) is 17.3 Å². The molecular weight excluding hydrogens is 280 g/mol. The van der Waals surface area contributed by atoms with E-state index in [1.807, 2.05) is 13.0 Å². The highest BCUT2D eigenvalue weighted by Crippen LogP contribution is 2.20. The molecule has 6 heteroatoms. The number of halogens is 1. The SMILES string of the molecule is Cc1ccc(NC(=O)C(C)N(C)CCC(=O)O)cc1Cl. The summed E-state index contributed by atoms with van der Waals surface area (Å²) in [7, 11) is 1.72. The Morgan fingerprint density at radius 2 is 2.10 bits per heavy atom. The molecule has 1 aromatic carbocycles. The molecule has 0 aliphatic heterocycles. The van der Waals surface area contributed by atoms with Crippen LogP contribution in [0, 0.1) is 6.92 Å². The topological polar surface area (TPSA) is 69.6 Å². The largest absolute Gasteiger partial charge is 0.481 e. The molecule has 110 valence electrons. The van der Waals surface area contributed by atoms with Gasteiger partial charge in [-0.3, -0.25) is 14.5 Å². The molecule has 5 nitrogen and oxygen atoms in total. The molecule has 1 amide bonds. The molecule has 0 spiro atoms. The Kier molecular flexibility index (Phi) is 5.98. The van der Waals surface area contributed by atoms with Crippen LogP contribution >= 0.6 is 11.6 Å². The number of carbonyl (C=O) groups excluding carboxylic acids is 1. The van der Waals surface area contributed by atoms with Crippen molar-refractivity contribution in [3.8, 4) is 0 Å². The molecule has 0 aromatic heterocycles. The van der Waals surface area contributed by atoms with Crippen molar-refractivity contribution in [2.75, 3.05) is 18.9 Å². The van der Waals surface area contributed by atoms with Gasteiger partial charge in [0.25, 0.3) is 0 Å². The van der Waals surface area contributed by atoms with Crippen molar-refractivity contribution >= 4 is 29.2 Å². The molecule has 1 aromatic rings. The van der Waals surface area contributed by atoms with Crippen LogP contribution < -0.4 is 5.32 Å². The highest BCUT2D eigenvalue weighted by Gasteiger charge is 2.18. The molecule has 20 heavy (non-hydrogen) atoms. The lowest BCUT2D eigenvalue weighted by atomic mass is 10.2. The number of carboxylic acid groups (broad SMARTS) is 1. The molecule has 0 bridgehead atoms. The monoisotopic (exact) mass is 298 g/mol. The number of rotatable bonds is 6. The lowest BCUT2D eigenvalue weighted by molar-refractivity contribution is -0.137. The van der Waals surface area contributed by atoms with Gasteiger partial charge in [-0.25, -0.2) is 0 Å². The van der Waals surface area contributed by atoms with E-state index in [0.717, 1.165) is 5.56 Å². The van der Waals surface area contributed by atoms with Crippen LogP contribution in [-0.2, 0) is 9.59 Å². The maximum atomic E-state index is 12.1. The number of hydrogen-bond acceptors (Lipinski definition) is 3. The zero-order chi connectivity index (χ0) is 15.3. The molecule has 2 N–H and O–H groups in total. The van der Waals surface area contributed by atoms with Crippen molar-refractivity contribution in [2.45, 2.75) is 26.3 Å². The zero-order valence-corrected chi connectivity index (χ0v) is 12.6. The van der Waals surface area contributed by atoms with Crippen molar-refractivity contribution in [3.63, 3.8) is 0 Å². The molecule has 0 aliphatic rings. The first kappa shape index (κ1) is 16.5. The molecule has 1 atom stereocenters. The Labute approximate surface area is 123 Å². The van der Waals surface area contributed by atoms with Crippen molar-refractivity contribution in [1.82, 2.24) is 4.90 Å². The summed E-state index contributed by atoms with van der Waals surface area (Å²) < 4.78 is 0. The van der Waals surface area contributed by atoms with Gasteiger partial charge < -0.3 is 10.4 Å². The third-order valence-corrected chi connectivity index (χ3v) is 3.57. The normalized spacial score (nSPS) is 12.2. The van der Waals surface area contributed by atoms with E-state index in [2.05, 4.69) is 5.32 Å². The molecule has 0 aliphatic carbocycles. The number of nitrogens with zero attached hydrogens (tertiary/aromatic N) is 1. The highest BCUT2D eigenvalue weighted by atomic mass is 35.5. The number of carbonyl (C=O) groups is 2. The van der Waals surface area contributed by atoms with E-state index in [-0.39, 0.29) is 12.3 Å². The van der Waals surface area contributed by atoms with E-state index in [4.69, 9.17) is 16.7 Å². The molecule has 0 fully saturated rings. The van der Waals surface area contributed by atoms with Crippen molar-refractivity contribution in [3.05, 3.63) is 28.8 Å². The van der Waals surface area contributed by atoms with E-state index in [9.17, 15) is 9.59 Å². The average Bonchev–Trinajstić information content (AvgIpc) is 2.39. The molecule has 1 rings (SSSR count). The fourth-order valence-electron chi connectivity index (χ4n) is 1.58. The van der Waals surface area contributed by atoms with Crippen LogP contribution in [-0.4, -0.2) is 41.5 Å². The Morgan fingerprint density at radius 3 is 2.65 bits per heavy atom. The van der Waals surface area contributed by atoms with Crippen LogP contribution in [0.15, 0.2) is 18.2 Å². The van der Waals surface area contributed by atoms with E-state index in [1.165, 1.54) is 0 Å². The van der Waals surface area contributed by atoms with E-state index in [1.54, 1.807) is 31.0 Å². The maximum absolute atomic E-state index is 12.1. The predicted octanol–water partition coefficient (Wildman–Crippen LogP) is 2.38. The number of hydrogen-bond donors (Lipinski definition) is 2. The van der Waals surface area contributed by atoms with Gasteiger partial charge in [-0.05, 0) is 38.6 Å². The molecule has 0 saturated carbocycles. The molecule has 0 heterocycles. The summed E-state index contributed by atoms with van der Waals surface area (Å²) in [5.41, 5.74) is 1.57. The van der Waals surface area contributed by atoms with Crippen LogP contribution in [0.1, 0.15) is 18.9 Å². The van der Waals surface area contributed by atoms with Crippen molar-refractivity contribution in [1.29, 1.82) is 0 Å². The summed E-state index contributed by atoms with van der Waals surface area (Å²) in [6, 6.07) is 4.88. The van der Waals surface area contributed by atoms with E-state index < -0.39 is 12.0 Å². The second-order valence-corrected chi connectivity index (χ2v) is 5.16. The van der Waals surface area contributed by atoms with Gasteiger partial charge in [0.05, 0.1) is 12.5 Å². The van der Waals surface area contributed by atoms with Crippen LogP contribution in [0.3, 0.4) is 0 Å². The summed E-state index contributed by atoms with van der Waals surface area (Å²) in [5, 5.41) is 12.0. The Bertz CT molecular complexity index is 505. The molecule has 0 radical (unpaired) electrons. The van der Waals surface area contributed by atoms with Gasteiger partial charge in [0.2, 0.25) is 5.91 Å². The van der Waals surface area contributed by atoms with Gasteiger partial charge in [0, 0.05) is 17.3 Å². The summed E-state index contributed by atoms with van der Waals surface area (Å²) >= 11 is 6.00. The number of aliphatic carboxylic acids is 1. The Morgan fingerprint density at radius 1 is 1.45 bits per heavy atom. The predicted molar refractivity (Wildman–Crippen MR) is 79.2 cm³/mol. The lowest BCUT2D eigenvalue weighted by Crippen LogP contribution is -2.40. The Hall–Kier alpha value is -1.59. The minimum absolute atomic E-state index is 0.00444. The quantitative estimate of drug-likeness (QED) is 0.846. The van der Waals surface area contributed by atoms with Gasteiger partial charge in [-0.2, -0.15) is 0 Å². The number of likely N-dealkylation sites (N-methyl/N-ethyl adjacent to an activating group) is 1. The summed E-state index contributed by atoms with van der Waals surface area (Å²) in [4.78, 5) is 24.3. The Balaban J connectivity index is 2.60. The van der Waals surface area contributed by atoms with Crippen LogP contribution in [0.25, 0.3) is 0 Å². The standard InChI is InChI=1S/C14H19ClN2O3/c1-9-4-5-11(8-12(9)15)16-14(20)10(2)17(3)7-6-13(18)19/h4-5,8,10H,6-7H2,1-3H3,(H,16,20)(H,18,19). The second-order valence-electron chi connectivity index (χ2n) is 4.75. The molecule has 0 saturated heterocycles. The smallest absolute Gasteiger partial charge is 0.304 e. The average molecular weight is 299 g/mol. The first-order valence-electron chi connectivity index (χ1n) is 6.30. The van der Waals surface area contributed by atoms with Crippen LogP contribution in [0.4, 0.5) is 5.69 Å². The number of benzene rings is 1. The third kappa shape index (κ3) is 4.83. The summed E-state index contributed by atoms with van der Waals surface area (Å²) in [6.07, 6.45) is 0.00444. The number of anilines is 1. The number of aryl methyl sites for hydroxylation is 1. The third-order valence-electron chi connectivity index (χ3n) is 3.16.